The quantitative estimate of drug-likeness (QED) is 0.500. The number of benzene rings is 1. The SMILES string of the molecule is CC(C)CCc1c(Oc2cccc(OC(F)(F)F)c2)cnc2c1c(=O)n(CCCO)c(=O)n2C. The minimum atomic E-state index is -4.85. The zero-order chi connectivity index (χ0) is 25.0. The fourth-order valence-corrected chi connectivity index (χ4v) is 3.55. The molecule has 8 nitrogen and oxygen atoms in total. The fourth-order valence-electron chi connectivity index (χ4n) is 3.55. The molecule has 1 N–H and O–H groups in total. The lowest BCUT2D eigenvalue weighted by molar-refractivity contribution is -0.274. The van der Waals surface area contributed by atoms with E-state index in [1.807, 2.05) is 13.8 Å². The lowest BCUT2D eigenvalue weighted by atomic mass is 10.0. The molecule has 0 atom stereocenters. The maximum atomic E-state index is 13.3. The summed E-state index contributed by atoms with van der Waals surface area (Å²) < 4.78 is 49.9. The van der Waals surface area contributed by atoms with Gasteiger partial charge in [0.1, 0.15) is 22.9 Å². The van der Waals surface area contributed by atoms with Crippen LogP contribution in [-0.2, 0) is 20.0 Å². The van der Waals surface area contributed by atoms with Gasteiger partial charge >= 0.3 is 12.1 Å². The molecule has 0 bridgehead atoms. The van der Waals surface area contributed by atoms with Crippen molar-refractivity contribution in [1.29, 1.82) is 0 Å². The number of aliphatic hydroxyl groups is 1. The summed E-state index contributed by atoms with van der Waals surface area (Å²) in [6.07, 6.45) is -2.18. The maximum Gasteiger partial charge on any atom is 0.573 e. The molecule has 1 aromatic carbocycles. The van der Waals surface area contributed by atoms with E-state index in [9.17, 15) is 22.8 Å². The summed E-state index contributed by atoms with van der Waals surface area (Å²) in [5.74, 6) is 0.0980. The number of aromatic nitrogens is 3. The number of hydrogen-bond donors (Lipinski definition) is 1. The van der Waals surface area contributed by atoms with E-state index in [4.69, 9.17) is 9.84 Å². The van der Waals surface area contributed by atoms with E-state index in [0.717, 1.165) is 16.7 Å². The standard InChI is InChI=1S/C23H26F3N3O5/c1-14(2)8-9-17-18(33-15-6-4-7-16(12-15)34-23(24,25)26)13-27-20-19(17)21(31)29(10-5-11-30)22(32)28(20)3/h4,6-7,12-14,30H,5,8-11H2,1-3H3. The minimum Gasteiger partial charge on any atom is -0.455 e. The molecule has 184 valence electrons. The van der Waals surface area contributed by atoms with Crippen LogP contribution in [-0.4, -0.2) is 32.2 Å². The number of aliphatic hydroxyl groups excluding tert-OH is 1. The van der Waals surface area contributed by atoms with Gasteiger partial charge in [0.2, 0.25) is 0 Å². The van der Waals surface area contributed by atoms with Gasteiger partial charge < -0.3 is 14.6 Å². The molecule has 0 spiro atoms. The summed E-state index contributed by atoms with van der Waals surface area (Å²) >= 11 is 0. The Kier molecular flexibility index (Phi) is 7.65. The number of alkyl halides is 3. The average molecular weight is 481 g/mol. The van der Waals surface area contributed by atoms with E-state index < -0.39 is 23.4 Å². The lowest BCUT2D eigenvalue weighted by Crippen LogP contribution is -2.40. The number of rotatable bonds is 9. The summed E-state index contributed by atoms with van der Waals surface area (Å²) in [7, 11) is 1.50. The Morgan fingerprint density at radius 3 is 2.53 bits per heavy atom. The highest BCUT2D eigenvalue weighted by atomic mass is 19.4. The molecule has 0 radical (unpaired) electrons. The second-order valence-corrected chi connectivity index (χ2v) is 8.23. The third-order valence-electron chi connectivity index (χ3n) is 5.20. The van der Waals surface area contributed by atoms with Gasteiger partial charge in [-0.2, -0.15) is 0 Å². The molecule has 0 fully saturated rings. The van der Waals surface area contributed by atoms with E-state index in [1.165, 1.54) is 29.9 Å². The molecule has 3 aromatic rings. The Balaban J connectivity index is 2.17. The third-order valence-corrected chi connectivity index (χ3v) is 5.20. The highest BCUT2D eigenvalue weighted by Crippen LogP contribution is 2.33. The number of aryl methyl sites for hydroxylation is 2. The topological polar surface area (TPSA) is 95.6 Å². The molecule has 0 aliphatic rings. The van der Waals surface area contributed by atoms with Crippen molar-refractivity contribution in [3.63, 3.8) is 0 Å². The largest absolute Gasteiger partial charge is 0.573 e. The van der Waals surface area contributed by atoms with Crippen LogP contribution in [0.25, 0.3) is 11.0 Å². The molecule has 0 aliphatic carbocycles. The number of fused-ring (bicyclic) bond motifs is 1. The summed E-state index contributed by atoms with van der Waals surface area (Å²) in [6.45, 7) is 3.86. The van der Waals surface area contributed by atoms with Gasteiger partial charge in [0.05, 0.1) is 11.6 Å². The van der Waals surface area contributed by atoms with E-state index in [-0.39, 0.29) is 48.0 Å². The van der Waals surface area contributed by atoms with Crippen molar-refractivity contribution in [2.75, 3.05) is 6.61 Å². The first kappa shape index (κ1) is 25.3. The second-order valence-electron chi connectivity index (χ2n) is 8.23. The molecule has 3 rings (SSSR count). The number of ether oxygens (including phenoxy) is 2. The molecule has 2 heterocycles. The number of halogens is 3. The third kappa shape index (κ3) is 5.77. The molecule has 0 saturated heterocycles. The molecule has 0 aliphatic heterocycles. The van der Waals surface area contributed by atoms with Crippen LogP contribution in [0.15, 0.2) is 40.1 Å². The average Bonchev–Trinajstić information content (AvgIpc) is 2.75. The van der Waals surface area contributed by atoms with Crippen LogP contribution < -0.4 is 20.7 Å². The first-order chi connectivity index (χ1) is 16.0. The van der Waals surface area contributed by atoms with Crippen LogP contribution >= 0.6 is 0 Å². The van der Waals surface area contributed by atoms with Gasteiger partial charge in [0.25, 0.3) is 5.56 Å². The molecule has 0 saturated carbocycles. The van der Waals surface area contributed by atoms with Crippen LogP contribution in [0.1, 0.15) is 32.3 Å². The zero-order valence-electron chi connectivity index (χ0n) is 19.1. The van der Waals surface area contributed by atoms with E-state index in [0.29, 0.717) is 18.4 Å². The molecular weight excluding hydrogens is 455 g/mol. The first-order valence-corrected chi connectivity index (χ1v) is 10.8. The van der Waals surface area contributed by atoms with Gasteiger partial charge in [-0.1, -0.05) is 19.9 Å². The van der Waals surface area contributed by atoms with Crippen LogP contribution in [0.3, 0.4) is 0 Å². The highest BCUT2D eigenvalue weighted by Gasteiger charge is 2.31. The Labute approximate surface area is 193 Å². The fraction of sp³-hybridized carbons (Fsp3) is 0.435. The molecule has 0 amide bonds. The second kappa shape index (κ2) is 10.3. The van der Waals surface area contributed by atoms with Crippen molar-refractivity contribution in [3.8, 4) is 17.2 Å². The maximum absolute atomic E-state index is 13.3. The van der Waals surface area contributed by atoms with E-state index in [2.05, 4.69) is 9.72 Å². The molecule has 11 heteroatoms. The van der Waals surface area contributed by atoms with Crippen molar-refractivity contribution >= 4 is 11.0 Å². The molecule has 0 unspecified atom stereocenters. The highest BCUT2D eigenvalue weighted by molar-refractivity contribution is 5.80. The van der Waals surface area contributed by atoms with Crippen molar-refractivity contribution in [1.82, 2.24) is 14.1 Å². The number of pyridine rings is 1. The molecule has 34 heavy (non-hydrogen) atoms. The number of nitrogens with zero attached hydrogens (tertiary/aromatic N) is 3. The van der Waals surface area contributed by atoms with Crippen molar-refractivity contribution in [2.45, 2.75) is 46.0 Å². The van der Waals surface area contributed by atoms with Crippen LogP contribution in [0, 0.1) is 5.92 Å². The van der Waals surface area contributed by atoms with Crippen molar-refractivity contribution < 1.29 is 27.8 Å². The Morgan fingerprint density at radius 1 is 1.18 bits per heavy atom. The Morgan fingerprint density at radius 2 is 1.88 bits per heavy atom. The first-order valence-electron chi connectivity index (χ1n) is 10.8. The van der Waals surface area contributed by atoms with Crippen molar-refractivity contribution in [2.24, 2.45) is 13.0 Å². The number of hydrogen-bond acceptors (Lipinski definition) is 6. The van der Waals surface area contributed by atoms with Gasteiger partial charge in [0.15, 0.2) is 0 Å². The summed E-state index contributed by atoms with van der Waals surface area (Å²) in [5, 5.41) is 9.35. The van der Waals surface area contributed by atoms with Gasteiger partial charge in [-0.25, -0.2) is 9.78 Å². The normalized spacial score (nSPS) is 11.9. The summed E-state index contributed by atoms with van der Waals surface area (Å²) in [5.41, 5.74) is -0.439. The van der Waals surface area contributed by atoms with Crippen LogP contribution in [0.2, 0.25) is 0 Å². The molecule has 2 aromatic heterocycles. The summed E-state index contributed by atoms with van der Waals surface area (Å²) in [4.78, 5) is 30.3. The van der Waals surface area contributed by atoms with E-state index in [1.54, 1.807) is 0 Å². The predicted octanol–water partition coefficient (Wildman–Crippen LogP) is 3.76. The predicted molar refractivity (Wildman–Crippen MR) is 119 cm³/mol. The van der Waals surface area contributed by atoms with E-state index >= 15 is 0 Å². The lowest BCUT2D eigenvalue weighted by Gasteiger charge is -2.17. The smallest absolute Gasteiger partial charge is 0.455 e. The summed E-state index contributed by atoms with van der Waals surface area (Å²) in [6, 6.07) is 5.04. The van der Waals surface area contributed by atoms with Crippen molar-refractivity contribution in [3.05, 3.63) is 56.9 Å². The zero-order valence-corrected chi connectivity index (χ0v) is 19.1. The van der Waals surface area contributed by atoms with Gasteiger partial charge in [0, 0.05) is 31.8 Å². The van der Waals surface area contributed by atoms with Gasteiger partial charge in [-0.15, -0.1) is 13.2 Å². The van der Waals surface area contributed by atoms with Crippen LogP contribution in [0.4, 0.5) is 13.2 Å². The molecular formula is C23H26F3N3O5. The Bertz CT molecular complexity index is 1280. The minimum absolute atomic E-state index is 0.0312. The van der Waals surface area contributed by atoms with Gasteiger partial charge in [-0.05, 0) is 37.3 Å². The Hall–Kier alpha value is -3.34. The van der Waals surface area contributed by atoms with Crippen LogP contribution in [0.5, 0.6) is 17.2 Å². The monoisotopic (exact) mass is 481 g/mol. The van der Waals surface area contributed by atoms with Gasteiger partial charge in [-0.3, -0.25) is 13.9 Å².